The van der Waals surface area contributed by atoms with Gasteiger partial charge in [0.2, 0.25) is 0 Å². The molecule has 0 heterocycles. The number of hydrogen-bond acceptors (Lipinski definition) is 4. The Balaban J connectivity index is 3.11. The quantitative estimate of drug-likeness (QED) is 0.871. The zero-order valence-electron chi connectivity index (χ0n) is 12.1. The van der Waals surface area contributed by atoms with Crippen LogP contribution in [0.1, 0.15) is 36.2 Å². The van der Waals surface area contributed by atoms with Gasteiger partial charge in [0.25, 0.3) is 0 Å². The van der Waals surface area contributed by atoms with Gasteiger partial charge in [-0.05, 0) is 44.9 Å². The Morgan fingerprint density at radius 3 is 2.45 bits per heavy atom. The first-order chi connectivity index (χ1) is 9.10. The van der Waals surface area contributed by atoms with Gasteiger partial charge in [0.05, 0.1) is 21.8 Å². The van der Waals surface area contributed by atoms with Crippen molar-refractivity contribution < 1.29 is 23.1 Å². The van der Waals surface area contributed by atoms with E-state index in [4.69, 9.17) is 9.84 Å². The topological polar surface area (TPSA) is 80.7 Å². The minimum atomic E-state index is -3.53. The van der Waals surface area contributed by atoms with E-state index < -0.39 is 21.4 Å². The Kier molecular flexibility index (Phi) is 4.94. The van der Waals surface area contributed by atoms with Crippen LogP contribution < -0.4 is 0 Å². The van der Waals surface area contributed by atoms with Gasteiger partial charge in [-0.3, -0.25) is 0 Å². The Morgan fingerprint density at radius 2 is 1.95 bits per heavy atom. The molecule has 0 radical (unpaired) electrons. The SMILES string of the molecule is COC(C)(C)CCS(=O)(=O)c1cccc(C(=O)O)c1C. The molecule has 1 rings (SSSR count). The fraction of sp³-hybridized carbons (Fsp3) is 0.500. The molecular weight excluding hydrogens is 280 g/mol. The molecule has 5 nitrogen and oxygen atoms in total. The van der Waals surface area contributed by atoms with Crippen LogP contribution in [-0.4, -0.2) is 38.0 Å². The molecule has 0 aliphatic rings. The van der Waals surface area contributed by atoms with Crippen LogP contribution in [0.2, 0.25) is 0 Å². The third kappa shape index (κ3) is 3.80. The second-order valence-corrected chi connectivity index (χ2v) is 7.34. The summed E-state index contributed by atoms with van der Waals surface area (Å²) in [7, 11) is -2.00. The Labute approximate surface area is 119 Å². The third-order valence-electron chi connectivity index (χ3n) is 3.38. The zero-order valence-corrected chi connectivity index (χ0v) is 13.0. The molecule has 0 bridgehead atoms. The number of carboxylic acids is 1. The Hall–Kier alpha value is -1.40. The van der Waals surface area contributed by atoms with E-state index in [0.717, 1.165) is 0 Å². The second-order valence-electron chi connectivity index (χ2n) is 5.27. The van der Waals surface area contributed by atoms with Crippen molar-refractivity contribution in [2.45, 2.75) is 37.7 Å². The monoisotopic (exact) mass is 300 g/mol. The summed E-state index contributed by atoms with van der Waals surface area (Å²) < 4.78 is 29.9. The van der Waals surface area contributed by atoms with E-state index >= 15 is 0 Å². The molecule has 1 aromatic rings. The van der Waals surface area contributed by atoms with Gasteiger partial charge >= 0.3 is 5.97 Å². The van der Waals surface area contributed by atoms with Crippen molar-refractivity contribution in [3.8, 4) is 0 Å². The van der Waals surface area contributed by atoms with E-state index in [1.807, 2.05) is 13.8 Å². The highest BCUT2D eigenvalue weighted by Gasteiger charge is 2.25. The molecule has 0 aromatic heterocycles. The van der Waals surface area contributed by atoms with Crippen LogP contribution in [0.4, 0.5) is 0 Å². The summed E-state index contributed by atoms with van der Waals surface area (Å²) in [6.07, 6.45) is 0.336. The highest BCUT2D eigenvalue weighted by molar-refractivity contribution is 7.91. The molecule has 0 atom stereocenters. The molecule has 0 unspecified atom stereocenters. The van der Waals surface area contributed by atoms with Crippen molar-refractivity contribution in [1.29, 1.82) is 0 Å². The molecule has 1 aromatic carbocycles. The molecule has 112 valence electrons. The van der Waals surface area contributed by atoms with Gasteiger partial charge in [-0.2, -0.15) is 0 Å². The number of ether oxygens (including phenoxy) is 1. The number of carboxylic acid groups (broad SMARTS) is 1. The lowest BCUT2D eigenvalue weighted by Crippen LogP contribution is -2.26. The van der Waals surface area contributed by atoms with Gasteiger partial charge < -0.3 is 9.84 Å². The maximum absolute atomic E-state index is 12.3. The third-order valence-corrected chi connectivity index (χ3v) is 5.23. The maximum atomic E-state index is 12.3. The number of hydrogen-bond donors (Lipinski definition) is 1. The lowest BCUT2D eigenvalue weighted by Gasteiger charge is -2.22. The van der Waals surface area contributed by atoms with Gasteiger partial charge in [-0.25, -0.2) is 13.2 Å². The van der Waals surface area contributed by atoms with Crippen molar-refractivity contribution in [1.82, 2.24) is 0 Å². The first kappa shape index (κ1) is 16.7. The summed E-state index contributed by atoms with van der Waals surface area (Å²) in [5.74, 6) is -1.21. The molecule has 0 saturated carbocycles. The number of sulfone groups is 1. The molecule has 0 aliphatic carbocycles. The van der Waals surface area contributed by atoms with Crippen LogP contribution in [0.25, 0.3) is 0 Å². The summed E-state index contributed by atoms with van der Waals surface area (Å²) in [4.78, 5) is 11.1. The molecule has 0 fully saturated rings. The number of benzene rings is 1. The van der Waals surface area contributed by atoms with Crippen molar-refractivity contribution >= 4 is 15.8 Å². The minimum absolute atomic E-state index is 0.0112. The van der Waals surface area contributed by atoms with Gasteiger partial charge in [0, 0.05) is 7.11 Å². The second kappa shape index (κ2) is 5.93. The average molecular weight is 300 g/mol. The summed E-state index contributed by atoms with van der Waals surface area (Å²) in [6, 6.07) is 4.29. The Bertz CT molecular complexity index is 602. The molecule has 20 heavy (non-hydrogen) atoms. The van der Waals surface area contributed by atoms with Crippen molar-refractivity contribution in [3.05, 3.63) is 29.3 Å². The van der Waals surface area contributed by atoms with Crippen LogP contribution in [0.15, 0.2) is 23.1 Å². The standard InChI is InChI=1S/C14H20O5S/c1-10-11(13(15)16)6-5-7-12(10)20(17,18)9-8-14(2,3)19-4/h5-7H,8-9H2,1-4H3,(H,15,16). The maximum Gasteiger partial charge on any atom is 0.335 e. The highest BCUT2D eigenvalue weighted by atomic mass is 32.2. The summed E-state index contributed by atoms with van der Waals surface area (Å²) in [5.41, 5.74) is -0.252. The van der Waals surface area contributed by atoms with Crippen molar-refractivity contribution in [2.24, 2.45) is 0 Å². The van der Waals surface area contributed by atoms with Crippen LogP contribution >= 0.6 is 0 Å². The Morgan fingerprint density at radius 1 is 1.35 bits per heavy atom. The highest BCUT2D eigenvalue weighted by Crippen LogP contribution is 2.23. The lowest BCUT2D eigenvalue weighted by molar-refractivity contribution is 0.0203. The molecule has 0 amide bonds. The van der Waals surface area contributed by atoms with E-state index in [1.165, 1.54) is 32.2 Å². The number of carbonyl (C=O) groups is 1. The van der Waals surface area contributed by atoms with Crippen LogP contribution in [0, 0.1) is 6.92 Å². The van der Waals surface area contributed by atoms with Crippen molar-refractivity contribution in [3.63, 3.8) is 0 Å². The smallest absolute Gasteiger partial charge is 0.335 e. The van der Waals surface area contributed by atoms with Gasteiger partial charge in [0.15, 0.2) is 9.84 Å². The van der Waals surface area contributed by atoms with Crippen LogP contribution in [0.5, 0.6) is 0 Å². The summed E-state index contributed by atoms with van der Waals surface area (Å²) in [5, 5.41) is 9.04. The van der Waals surface area contributed by atoms with E-state index in [1.54, 1.807) is 0 Å². The molecule has 0 spiro atoms. The molecule has 0 saturated heterocycles. The van der Waals surface area contributed by atoms with E-state index in [0.29, 0.717) is 6.42 Å². The van der Waals surface area contributed by atoms with Crippen LogP contribution in [0.3, 0.4) is 0 Å². The first-order valence-electron chi connectivity index (χ1n) is 6.21. The zero-order chi connectivity index (χ0) is 15.6. The number of methoxy groups -OCH3 is 1. The average Bonchev–Trinajstić information content (AvgIpc) is 2.36. The minimum Gasteiger partial charge on any atom is -0.478 e. The van der Waals surface area contributed by atoms with Gasteiger partial charge in [-0.1, -0.05) is 6.07 Å². The summed E-state index contributed by atoms with van der Waals surface area (Å²) >= 11 is 0. The predicted molar refractivity (Wildman–Crippen MR) is 75.9 cm³/mol. The van der Waals surface area contributed by atoms with Gasteiger partial charge in [-0.15, -0.1) is 0 Å². The van der Waals surface area contributed by atoms with Crippen molar-refractivity contribution in [2.75, 3.05) is 12.9 Å². The van der Waals surface area contributed by atoms with E-state index in [-0.39, 0.29) is 21.8 Å². The first-order valence-corrected chi connectivity index (χ1v) is 7.87. The fourth-order valence-electron chi connectivity index (χ4n) is 1.78. The van der Waals surface area contributed by atoms with E-state index in [2.05, 4.69) is 0 Å². The fourth-order valence-corrected chi connectivity index (χ4v) is 3.62. The lowest BCUT2D eigenvalue weighted by atomic mass is 10.1. The van der Waals surface area contributed by atoms with E-state index in [9.17, 15) is 13.2 Å². The number of aromatic carboxylic acids is 1. The van der Waals surface area contributed by atoms with Crippen LogP contribution in [-0.2, 0) is 14.6 Å². The molecular formula is C14H20O5S. The largest absolute Gasteiger partial charge is 0.478 e. The predicted octanol–water partition coefficient (Wildman–Crippen LogP) is 2.28. The summed E-state index contributed by atoms with van der Waals surface area (Å²) in [6.45, 7) is 5.13. The molecule has 0 aliphatic heterocycles. The normalized spacial score (nSPS) is 12.4. The molecule has 1 N–H and O–H groups in total. The van der Waals surface area contributed by atoms with Gasteiger partial charge in [0.1, 0.15) is 0 Å². The molecule has 6 heteroatoms. The number of rotatable bonds is 6.